The minimum atomic E-state index is 0.0134. The number of carbonyl (C=O) groups excluding carboxylic acids is 1. The molecule has 4 saturated carbocycles. The lowest BCUT2D eigenvalue weighted by Gasteiger charge is -2.57. The average molecular weight is 329 g/mol. The molecular formula is C19H27N3O2. The molecule has 1 amide bonds. The Morgan fingerprint density at radius 3 is 2.42 bits per heavy atom. The number of nitrogens with zero attached hydrogens (tertiary/aromatic N) is 2. The lowest BCUT2D eigenvalue weighted by atomic mass is 9.48. The highest BCUT2D eigenvalue weighted by atomic mass is 16.5. The molecule has 5 rings (SSSR count). The van der Waals surface area contributed by atoms with Crippen LogP contribution in [0, 0.1) is 30.1 Å². The number of carbonyl (C=O) groups is 1. The topological polar surface area (TPSA) is 68.0 Å². The molecule has 130 valence electrons. The van der Waals surface area contributed by atoms with Gasteiger partial charge >= 0.3 is 0 Å². The Labute approximate surface area is 143 Å². The molecule has 24 heavy (non-hydrogen) atoms. The minimum absolute atomic E-state index is 0.0134. The van der Waals surface area contributed by atoms with Crippen LogP contribution in [-0.4, -0.2) is 22.6 Å². The molecule has 4 aliphatic rings. The second-order valence-corrected chi connectivity index (χ2v) is 8.30. The van der Waals surface area contributed by atoms with E-state index in [0.29, 0.717) is 30.1 Å². The van der Waals surface area contributed by atoms with E-state index in [9.17, 15) is 4.79 Å². The van der Waals surface area contributed by atoms with Crippen LogP contribution in [0.5, 0.6) is 0 Å². The van der Waals surface area contributed by atoms with Gasteiger partial charge in [0.05, 0.1) is 0 Å². The molecule has 0 spiro atoms. The van der Waals surface area contributed by atoms with Crippen LogP contribution < -0.4 is 5.32 Å². The maximum absolute atomic E-state index is 12.3. The molecule has 4 fully saturated rings. The highest BCUT2D eigenvalue weighted by Crippen LogP contribution is 2.62. The highest BCUT2D eigenvalue weighted by molar-refractivity contribution is 5.88. The number of amides is 1. The van der Waals surface area contributed by atoms with Crippen molar-refractivity contribution in [2.75, 3.05) is 6.54 Å². The van der Waals surface area contributed by atoms with E-state index < -0.39 is 0 Å². The van der Waals surface area contributed by atoms with Gasteiger partial charge in [0.15, 0.2) is 5.82 Å². The van der Waals surface area contributed by atoms with Crippen LogP contribution >= 0.6 is 0 Å². The van der Waals surface area contributed by atoms with Gasteiger partial charge in [0.2, 0.25) is 11.8 Å². The molecule has 0 aliphatic heterocycles. The molecule has 0 radical (unpaired) electrons. The molecule has 4 bridgehead atoms. The smallest absolute Gasteiger partial charge is 0.243 e. The summed E-state index contributed by atoms with van der Waals surface area (Å²) < 4.78 is 5.06. The van der Waals surface area contributed by atoms with Crippen LogP contribution in [0.3, 0.4) is 0 Å². The lowest BCUT2D eigenvalue weighted by molar-refractivity contribution is -0.116. The zero-order chi connectivity index (χ0) is 16.7. The van der Waals surface area contributed by atoms with Gasteiger partial charge in [-0.3, -0.25) is 4.79 Å². The number of aromatic nitrogens is 2. The van der Waals surface area contributed by atoms with Crippen molar-refractivity contribution >= 4 is 5.91 Å². The minimum Gasteiger partial charge on any atom is -0.352 e. The van der Waals surface area contributed by atoms with Gasteiger partial charge < -0.3 is 9.84 Å². The first kappa shape index (κ1) is 15.9. The van der Waals surface area contributed by atoms with E-state index in [1.807, 2.05) is 6.08 Å². The molecular weight excluding hydrogens is 302 g/mol. The van der Waals surface area contributed by atoms with Crippen LogP contribution in [0.2, 0.25) is 0 Å². The summed E-state index contributed by atoms with van der Waals surface area (Å²) in [6.45, 7) is 4.50. The fraction of sp³-hybridized carbons (Fsp3) is 0.737. The predicted molar refractivity (Wildman–Crippen MR) is 90.1 cm³/mol. The van der Waals surface area contributed by atoms with E-state index in [-0.39, 0.29) is 5.91 Å². The van der Waals surface area contributed by atoms with Crippen molar-refractivity contribution in [3.63, 3.8) is 0 Å². The molecule has 1 aromatic heterocycles. The summed E-state index contributed by atoms with van der Waals surface area (Å²) in [5, 5.41) is 6.72. The van der Waals surface area contributed by atoms with Gasteiger partial charge in [0, 0.05) is 19.0 Å². The lowest BCUT2D eigenvalue weighted by Crippen LogP contribution is -2.46. The van der Waals surface area contributed by atoms with Gasteiger partial charge in [-0.05, 0) is 75.5 Å². The van der Waals surface area contributed by atoms with Crippen molar-refractivity contribution in [2.24, 2.45) is 23.2 Å². The van der Waals surface area contributed by atoms with Crippen molar-refractivity contribution < 1.29 is 9.32 Å². The van der Waals surface area contributed by atoms with E-state index in [2.05, 4.69) is 22.4 Å². The monoisotopic (exact) mass is 329 g/mol. The third-order valence-corrected chi connectivity index (χ3v) is 6.43. The SMILES string of the molecule is C/C(=C\C(=O)NCCc1nc(C)no1)C12CC3CC(CC(C3)C1)C2. The Kier molecular flexibility index (Phi) is 3.97. The fourth-order valence-electron chi connectivity index (χ4n) is 5.73. The van der Waals surface area contributed by atoms with E-state index in [4.69, 9.17) is 4.52 Å². The number of nitrogens with one attached hydrogen (secondary N) is 1. The predicted octanol–water partition coefficient (Wildman–Crippen LogP) is 3.20. The molecule has 1 N–H and O–H groups in total. The quantitative estimate of drug-likeness (QED) is 0.842. The summed E-state index contributed by atoms with van der Waals surface area (Å²) in [6.07, 6.45) is 10.6. The molecule has 0 unspecified atom stereocenters. The largest absolute Gasteiger partial charge is 0.352 e. The first-order chi connectivity index (χ1) is 11.5. The number of rotatable bonds is 5. The third-order valence-electron chi connectivity index (χ3n) is 6.43. The standard InChI is InChI=1S/C19H27N3O2/c1-12(5-17(23)20-4-3-18-21-13(2)22-24-18)19-9-14-6-15(10-19)8-16(7-14)11-19/h5,14-16H,3-4,6-11H2,1-2H3,(H,20,23)/b12-5+. The van der Waals surface area contributed by atoms with E-state index in [1.165, 1.54) is 44.1 Å². The van der Waals surface area contributed by atoms with Gasteiger partial charge in [0.25, 0.3) is 0 Å². The third kappa shape index (κ3) is 3.01. The van der Waals surface area contributed by atoms with Crippen molar-refractivity contribution in [2.45, 2.75) is 58.8 Å². The normalized spacial score (nSPS) is 34.6. The van der Waals surface area contributed by atoms with E-state index in [1.54, 1.807) is 6.92 Å². The van der Waals surface area contributed by atoms with Crippen LogP contribution in [0.1, 0.15) is 57.2 Å². The Morgan fingerprint density at radius 1 is 1.25 bits per heavy atom. The molecule has 4 aliphatic carbocycles. The van der Waals surface area contributed by atoms with Crippen LogP contribution in [0.4, 0.5) is 0 Å². The Morgan fingerprint density at radius 2 is 1.88 bits per heavy atom. The Hall–Kier alpha value is -1.65. The van der Waals surface area contributed by atoms with Gasteiger partial charge in [-0.25, -0.2) is 0 Å². The summed E-state index contributed by atoms with van der Waals surface area (Å²) >= 11 is 0. The molecule has 0 saturated heterocycles. The molecule has 5 nitrogen and oxygen atoms in total. The number of hydrogen-bond donors (Lipinski definition) is 1. The van der Waals surface area contributed by atoms with Gasteiger partial charge in [-0.1, -0.05) is 10.7 Å². The summed E-state index contributed by atoms with van der Waals surface area (Å²) in [4.78, 5) is 16.4. The summed E-state index contributed by atoms with van der Waals surface area (Å²) in [5.74, 6) is 3.94. The van der Waals surface area contributed by atoms with Crippen LogP contribution in [0.15, 0.2) is 16.2 Å². The van der Waals surface area contributed by atoms with Gasteiger partial charge in [0.1, 0.15) is 0 Å². The maximum Gasteiger partial charge on any atom is 0.243 e. The van der Waals surface area contributed by atoms with Gasteiger partial charge in [-0.15, -0.1) is 0 Å². The van der Waals surface area contributed by atoms with Crippen LogP contribution in [0.25, 0.3) is 0 Å². The second kappa shape index (κ2) is 6.01. The molecule has 1 aromatic rings. The summed E-state index contributed by atoms with van der Waals surface area (Å²) in [5.41, 5.74) is 1.61. The summed E-state index contributed by atoms with van der Waals surface area (Å²) in [6, 6.07) is 0. The van der Waals surface area contributed by atoms with E-state index in [0.717, 1.165) is 17.8 Å². The first-order valence-corrected chi connectivity index (χ1v) is 9.28. The zero-order valence-electron chi connectivity index (χ0n) is 14.7. The highest BCUT2D eigenvalue weighted by Gasteiger charge is 2.51. The Bertz CT molecular complexity index is 626. The number of aryl methyl sites for hydroxylation is 1. The van der Waals surface area contributed by atoms with Crippen molar-refractivity contribution in [3.05, 3.63) is 23.4 Å². The van der Waals surface area contributed by atoms with E-state index >= 15 is 0 Å². The first-order valence-electron chi connectivity index (χ1n) is 9.28. The van der Waals surface area contributed by atoms with Crippen molar-refractivity contribution in [3.8, 4) is 0 Å². The molecule has 1 heterocycles. The Balaban J connectivity index is 1.35. The zero-order valence-corrected chi connectivity index (χ0v) is 14.7. The van der Waals surface area contributed by atoms with Crippen LogP contribution in [-0.2, 0) is 11.2 Å². The molecule has 0 atom stereocenters. The maximum atomic E-state index is 12.3. The second-order valence-electron chi connectivity index (χ2n) is 8.30. The summed E-state index contributed by atoms with van der Waals surface area (Å²) in [7, 11) is 0. The molecule has 0 aromatic carbocycles. The number of hydrogen-bond acceptors (Lipinski definition) is 4. The van der Waals surface area contributed by atoms with Crippen molar-refractivity contribution in [1.29, 1.82) is 0 Å². The van der Waals surface area contributed by atoms with Gasteiger partial charge in [-0.2, -0.15) is 4.98 Å². The fourth-order valence-corrected chi connectivity index (χ4v) is 5.73. The number of allylic oxidation sites excluding steroid dienone is 1. The van der Waals surface area contributed by atoms with Crippen molar-refractivity contribution in [1.82, 2.24) is 15.5 Å². The molecule has 5 heteroatoms. The average Bonchev–Trinajstić information content (AvgIpc) is 2.91.